The summed E-state index contributed by atoms with van der Waals surface area (Å²) in [6, 6.07) is 1.86. The molecular weight excluding hydrogens is 258 g/mol. The first-order chi connectivity index (χ1) is 9.50. The molecule has 6 heteroatoms. The Hall–Kier alpha value is -1.40. The fraction of sp³-hybridized carbons (Fsp3) is 0.714. The zero-order valence-corrected chi connectivity index (χ0v) is 12.4. The van der Waals surface area contributed by atoms with Crippen molar-refractivity contribution in [2.24, 2.45) is 20.0 Å². The molecule has 2 rings (SSSR count). The van der Waals surface area contributed by atoms with Gasteiger partial charge in [0.2, 0.25) is 0 Å². The van der Waals surface area contributed by atoms with Gasteiger partial charge < -0.3 is 10.1 Å². The van der Waals surface area contributed by atoms with Crippen molar-refractivity contribution >= 4 is 0 Å². The van der Waals surface area contributed by atoms with Crippen LogP contribution >= 0.6 is 0 Å². The van der Waals surface area contributed by atoms with Gasteiger partial charge in [0.25, 0.3) is 5.56 Å². The molecule has 1 aromatic rings. The summed E-state index contributed by atoms with van der Waals surface area (Å²) in [7, 11) is 3.18. The summed E-state index contributed by atoms with van der Waals surface area (Å²) in [4.78, 5) is 23.5. The highest BCUT2D eigenvalue weighted by atomic mass is 16.5. The normalized spacial score (nSPS) is 18.1. The lowest BCUT2D eigenvalue weighted by Crippen LogP contribution is -2.41. The fourth-order valence-electron chi connectivity index (χ4n) is 2.60. The molecule has 0 amide bonds. The second-order valence-electron chi connectivity index (χ2n) is 5.49. The third-order valence-electron chi connectivity index (χ3n) is 4.20. The number of nitrogens with zero attached hydrogens (tertiary/aromatic N) is 2. The summed E-state index contributed by atoms with van der Waals surface area (Å²) in [6.45, 7) is 4.32. The highest BCUT2D eigenvalue weighted by Gasteiger charge is 2.20. The molecule has 1 N–H and O–H groups in total. The highest BCUT2D eigenvalue weighted by Crippen LogP contribution is 2.18. The van der Waals surface area contributed by atoms with Crippen LogP contribution in [-0.4, -0.2) is 28.4 Å². The molecule has 0 bridgehead atoms. The quantitative estimate of drug-likeness (QED) is 0.843. The third-order valence-corrected chi connectivity index (χ3v) is 4.20. The molecule has 0 saturated carbocycles. The summed E-state index contributed by atoms with van der Waals surface area (Å²) < 4.78 is 7.99. The average molecular weight is 281 g/mol. The van der Waals surface area contributed by atoms with Gasteiger partial charge in [-0.15, -0.1) is 0 Å². The minimum Gasteiger partial charge on any atom is -0.381 e. The summed E-state index contributed by atoms with van der Waals surface area (Å²) in [6.07, 6.45) is 2.12. The van der Waals surface area contributed by atoms with E-state index in [0.717, 1.165) is 36.3 Å². The van der Waals surface area contributed by atoms with Crippen molar-refractivity contribution in [3.05, 3.63) is 32.6 Å². The van der Waals surface area contributed by atoms with Crippen LogP contribution in [0, 0.1) is 5.92 Å². The Bertz CT molecular complexity index is 570. The zero-order valence-electron chi connectivity index (χ0n) is 12.4. The standard InChI is InChI=1S/C14H23N3O3/c1-10(11-4-6-20-7-5-11)15-9-12-8-13(18)17(3)14(19)16(12)2/h8,10-11,15H,4-7,9H2,1-3H3. The van der Waals surface area contributed by atoms with Crippen molar-refractivity contribution in [2.75, 3.05) is 13.2 Å². The summed E-state index contributed by atoms with van der Waals surface area (Å²) in [5.41, 5.74) is 0.175. The molecule has 112 valence electrons. The van der Waals surface area contributed by atoms with Gasteiger partial charge in [-0.25, -0.2) is 4.79 Å². The summed E-state index contributed by atoms with van der Waals surface area (Å²) in [5, 5.41) is 3.42. The van der Waals surface area contributed by atoms with Crippen LogP contribution in [0.1, 0.15) is 25.5 Å². The lowest BCUT2D eigenvalue weighted by atomic mass is 9.93. The maximum atomic E-state index is 11.8. The largest absolute Gasteiger partial charge is 0.381 e. The zero-order chi connectivity index (χ0) is 14.7. The van der Waals surface area contributed by atoms with Crippen molar-refractivity contribution in [1.82, 2.24) is 14.5 Å². The van der Waals surface area contributed by atoms with Crippen LogP contribution in [0.3, 0.4) is 0 Å². The van der Waals surface area contributed by atoms with Crippen LogP contribution in [-0.2, 0) is 25.4 Å². The molecule has 1 aliphatic heterocycles. The van der Waals surface area contributed by atoms with Gasteiger partial charge in [0.05, 0.1) is 0 Å². The Morgan fingerprint density at radius 1 is 1.30 bits per heavy atom. The minimum absolute atomic E-state index is 0.261. The van der Waals surface area contributed by atoms with E-state index in [1.54, 1.807) is 7.05 Å². The van der Waals surface area contributed by atoms with Gasteiger partial charge in [-0.1, -0.05) is 0 Å². The van der Waals surface area contributed by atoms with Crippen LogP contribution in [0.4, 0.5) is 0 Å². The Balaban J connectivity index is 2.04. The molecule has 0 aliphatic carbocycles. The predicted molar refractivity (Wildman–Crippen MR) is 76.8 cm³/mol. The second kappa shape index (κ2) is 6.37. The van der Waals surface area contributed by atoms with Crippen LogP contribution in [0.15, 0.2) is 15.7 Å². The molecule has 20 heavy (non-hydrogen) atoms. The lowest BCUT2D eigenvalue weighted by molar-refractivity contribution is 0.0557. The van der Waals surface area contributed by atoms with Crippen molar-refractivity contribution in [3.8, 4) is 0 Å². The Morgan fingerprint density at radius 3 is 2.60 bits per heavy atom. The van der Waals surface area contributed by atoms with E-state index in [9.17, 15) is 9.59 Å². The molecule has 1 aromatic heterocycles. The van der Waals surface area contributed by atoms with Gasteiger partial charge in [0.1, 0.15) is 0 Å². The number of hydrogen-bond donors (Lipinski definition) is 1. The van der Waals surface area contributed by atoms with Gasteiger partial charge in [-0.3, -0.25) is 13.9 Å². The van der Waals surface area contributed by atoms with Gasteiger partial charge in [-0.05, 0) is 25.7 Å². The van der Waals surface area contributed by atoms with Crippen molar-refractivity contribution in [1.29, 1.82) is 0 Å². The molecule has 1 atom stereocenters. The van der Waals surface area contributed by atoms with Gasteiger partial charge in [-0.2, -0.15) is 0 Å². The van der Waals surface area contributed by atoms with E-state index in [4.69, 9.17) is 4.74 Å². The first-order valence-electron chi connectivity index (χ1n) is 7.07. The predicted octanol–water partition coefficient (Wildman–Crippen LogP) is -0.0113. The SMILES string of the molecule is CC(NCc1cc(=O)n(C)c(=O)n1C)C1CCOCC1. The summed E-state index contributed by atoms with van der Waals surface area (Å²) >= 11 is 0. The molecule has 0 aromatic carbocycles. The summed E-state index contributed by atoms with van der Waals surface area (Å²) in [5.74, 6) is 0.590. The monoisotopic (exact) mass is 281 g/mol. The van der Waals surface area contributed by atoms with Crippen molar-refractivity contribution in [3.63, 3.8) is 0 Å². The minimum atomic E-state index is -0.284. The first kappa shape index (κ1) is 15.0. The number of ether oxygens (including phenoxy) is 1. The van der Waals surface area contributed by atoms with Gasteiger partial charge in [0.15, 0.2) is 0 Å². The molecule has 1 aliphatic rings. The van der Waals surface area contributed by atoms with Gasteiger partial charge >= 0.3 is 5.69 Å². The van der Waals surface area contributed by atoms with E-state index < -0.39 is 0 Å². The van der Waals surface area contributed by atoms with E-state index >= 15 is 0 Å². The fourth-order valence-corrected chi connectivity index (χ4v) is 2.60. The van der Waals surface area contributed by atoms with E-state index in [2.05, 4.69) is 12.2 Å². The molecule has 1 saturated heterocycles. The smallest absolute Gasteiger partial charge is 0.330 e. The first-order valence-corrected chi connectivity index (χ1v) is 7.07. The van der Waals surface area contributed by atoms with E-state index in [1.165, 1.54) is 17.7 Å². The third kappa shape index (κ3) is 3.19. The second-order valence-corrected chi connectivity index (χ2v) is 5.49. The molecule has 0 spiro atoms. The number of nitrogens with one attached hydrogen (secondary N) is 1. The number of hydrogen-bond acceptors (Lipinski definition) is 4. The van der Waals surface area contributed by atoms with E-state index in [1.807, 2.05) is 0 Å². The number of rotatable bonds is 4. The average Bonchev–Trinajstić information content (AvgIpc) is 2.48. The van der Waals surface area contributed by atoms with Crippen LogP contribution in [0.5, 0.6) is 0 Å². The Labute approximate surface area is 118 Å². The maximum Gasteiger partial charge on any atom is 0.330 e. The molecule has 1 fully saturated rings. The molecule has 1 unspecified atom stereocenters. The van der Waals surface area contributed by atoms with E-state index in [-0.39, 0.29) is 11.2 Å². The topological polar surface area (TPSA) is 65.3 Å². The van der Waals surface area contributed by atoms with Crippen LogP contribution in [0.25, 0.3) is 0 Å². The van der Waals surface area contributed by atoms with Crippen LogP contribution in [0.2, 0.25) is 0 Å². The number of aromatic nitrogens is 2. The highest BCUT2D eigenvalue weighted by molar-refractivity contribution is 5.02. The van der Waals surface area contributed by atoms with Gasteiger partial charge in [0, 0.05) is 51.7 Å². The van der Waals surface area contributed by atoms with E-state index in [0.29, 0.717) is 18.5 Å². The maximum absolute atomic E-state index is 11.8. The van der Waals surface area contributed by atoms with Crippen molar-refractivity contribution in [2.45, 2.75) is 32.4 Å². The Kier molecular flexibility index (Phi) is 4.77. The molecule has 0 radical (unpaired) electrons. The molecule has 6 nitrogen and oxygen atoms in total. The molecule has 2 heterocycles. The van der Waals surface area contributed by atoms with Crippen LogP contribution < -0.4 is 16.6 Å². The lowest BCUT2D eigenvalue weighted by Gasteiger charge is -2.28. The molecular formula is C14H23N3O3. The van der Waals surface area contributed by atoms with Crippen molar-refractivity contribution < 1.29 is 4.74 Å². The Morgan fingerprint density at radius 2 is 1.95 bits per heavy atom.